The lowest BCUT2D eigenvalue weighted by atomic mass is 10.2. The third-order valence-corrected chi connectivity index (χ3v) is 4.09. The smallest absolute Gasteiger partial charge is 0.325 e. The SMILES string of the molecule is CCCCCn1c(=O)c2c(ncn2CCCCC)n(C)c1=O. The molecular formula is C16H26N4O2. The quantitative estimate of drug-likeness (QED) is 0.703. The zero-order valence-electron chi connectivity index (χ0n) is 13.8. The normalized spacial score (nSPS) is 11.4. The Balaban J connectivity index is 2.46. The maximum atomic E-state index is 12.7. The monoisotopic (exact) mass is 306 g/mol. The third kappa shape index (κ3) is 3.15. The highest BCUT2D eigenvalue weighted by atomic mass is 16.2. The molecule has 2 aromatic heterocycles. The minimum atomic E-state index is -0.271. The molecule has 0 saturated carbocycles. The van der Waals surface area contributed by atoms with Crippen LogP contribution in [-0.4, -0.2) is 18.7 Å². The first-order chi connectivity index (χ1) is 10.6. The van der Waals surface area contributed by atoms with Gasteiger partial charge in [0.25, 0.3) is 5.56 Å². The van der Waals surface area contributed by atoms with Gasteiger partial charge < -0.3 is 4.57 Å². The first kappa shape index (κ1) is 16.5. The highest BCUT2D eigenvalue weighted by Crippen LogP contribution is 2.08. The lowest BCUT2D eigenvalue weighted by Gasteiger charge is -2.09. The predicted octanol–water partition coefficient (Wildman–Crippen LogP) is 2.28. The average molecular weight is 306 g/mol. The Hall–Kier alpha value is -1.85. The fraction of sp³-hybridized carbons (Fsp3) is 0.688. The molecule has 0 unspecified atom stereocenters. The summed E-state index contributed by atoms with van der Waals surface area (Å²) in [6, 6.07) is 0. The van der Waals surface area contributed by atoms with Gasteiger partial charge in [0, 0.05) is 20.1 Å². The number of rotatable bonds is 8. The van der Waals surface area contributed by atoms with Crippen LogP contribution >= 0.6 is 0 Å². The second-order valence-electron chi connectivity index (χ2n) is 5.82. The van der Waals surface area contributed by atoms with Crippen LogP contribution in [-0.2, 0) is 20.1 Å². The van der Waals surface area contributed by atoms with Gasteiger partial charge in [-0.3, -0.25) is 13.9 Å². The number of unbranched alkanes of at least 4 members (excludes halogenated alkanes) is 4. The van der Waals surface area contributed by atoms with E-state index < -0.39 is 0 Å². The Morgan fingerprint density at radius 2 is 1.64 bits per heavy atom. The zero-order chi connectivity index (χ0) is 16.1. The van der Waals surface area contributed by atoms with Crippen LogP contribution in [0.1, 0.15) is 52.4 Å². The van der Waals surface area contributed by atoms with Crippen molar-refractivity contribution < 1.29 is 0 Å². The van der Waals surface area contributed by atoms with Gasteiger partial charge in [0.2, 0.25) is 0 Å². The summed E-state index contributed by atoms with van der Waals surface area (Å²) in [5.41, 5.74) is 0.559. The van der Waals surface area contributed by atoms with E-state index in [1.807, 2.05) is 4.57 Å². The number of imidazole rings is 1. The lowest BCUT2D eigenvalue weighted by Crippen LogP contribution is -2.39. The van der Waals surface area contributed by atoms with Gasteiger partial charge in [-0.05, 0) is 12.8 Å². The molecule has 0 fully saturated rings. The summed E-state index contributed by atoms with van der Waals surface area (Å²) in [6.45, 7) is 5.51. The van der Waals surface area contributed by atoms with E-state index in [-0.39, 0.29) is 11.2 Å². The molecule has 6 nitrogen and oxygen atoms in total. The van der Waals surface area contributed by atoms with Gasteiger partial charge >= 0.3 is 5.69 Å². The zero-order valence-corrected chi connectivity index (χ0v) is 13.8. The molecule has 2 rings (SSSR count). The molecule has 2 heterocycles. The van der Waals surface area contributed by atoms with Gasteiger partial charge in [0.15, 0.2) is 11.2 Å². The van der Waals surface area contributed by atoms with Crippen LogP contribution in [0.3, 0.4) is 0 Å². The first-order valence-corrected chi connectivity index (χ1v) is 8.26. The second-order valence-corrected chi connectivity index (χ2v) is 5.82. The number of nitrogens with zero attached hydrogens (tertiary/aromatic N) is 4. The van der Waals surface area contributed by atoms with Crippen LogP contribution < -0.4 is 11.2 Å². The Labute approximate surface area is 130 Å². The maximum Gasteiger partial charge on any atom is 0.332 e. The van der Waals surface area contributed by atoms with Crippen molar-refractivity contribution in [1.82, 2.24) is 18.7 Å². The number of aromatic nitrogens is 4. The summed E-state index contributed by atoms with van der Waals surface area (Å²) >= 11 is 0. The minimum absolute atomic E-state index is 0.205. The number of fused-ring (bicyclic) bond motifs is 1. The standard InChI is InChI=1S/C16H26N4O2/c1-4-6-8-10-19-12-17-14-13(19)15(21)20(11-9-7-5-2)16(22)18(14)3/h12H,4-11H2,1-3H3. The van der Waals surface area contributed by atoms with Gasteiger partial charge in [-0.1, -0.05) is 39.5 Å². The molecule has 0 amide bonds. The fourth-order valence-electron chi connectivity index (χ4n) is 2.74. The molecule has 0 aliphatic rings. The van der Waals surface area contributed by atoms with E-state index in [9.17, 15) is 9.59 Å². The maximum absolute atomic E-state index is 12.7. The van der Waals surface area contributed by atoms with Crippen molar-refractivity contribution in [3.8, 4) is 0 Å². The minimum Gasteiger partial charge on any atom is -0.325 e. The number of hydrogen-bond acceptors (Lipinski definition) is 3. The molecule has 0 aromatic carbocycles. The summed E-state index contributed by atoms with van der Waals surface area (Å²) in [5.74, 6) is 0. The predicted molar refractivity (Wildman–Crippen MR) is 88.3 cm³/mol. The Bertz CT molecular complexity index is 739. The Morgan fingerprint density at radius 1 is 1.00 bits per heavy atom. The van der Waals surface area contributed by atoms with Crippen molar-refractivity contribution in [2.24, 2.45) is 7.05 Å². The van der Waals surface area contributed by atoms with E-state index in [4.69, 9.17) is 0 Å². The van der Waals surface area contributed by atoms with E-state index in [0.717, 1.165) is 45.1 Å². The molecule has 122 valence electrons. The van der Waals surface area contributed by atoms with Crippen molar-refractivity contribution in [3.05, 3.63) is 27.2 Å². The van der Waals surface area contributed by atoms with Gasteiger partial charge in [0.05, 0.1) is 6.33 Å². The molecule has 0 atom stereocenters. The van der Waals surface area contributed by atoms with E-state index >= 15 is 0 Å². The van der Waals surface area contributed by atoms with E-state index in [1.165, 1.54) is 9.13 Å². The summed E-state index contributed by atoms with van der Waals surface area (Å²) in [6.07, 6.45) is 7.87. The fourth-order valence-corrected chi connectivity index (χ4v) is 2.74. The van der Waals surface area contributed by atoms with Crippen molar-refractivity contribution in [2.75, 3.05) is 0 Å². The lowest BCUT2D eigenvalue weighted by molar-refractivity contribution is 0.546. The van der Waals surface area contributed by atoms with Gasteiger partial charge in [-0.15, -0.1) is 0 Å². The Kier molecular flexibility index (Phi) is 5.57. The average Bonchev–Trinajstić information content (AvgIpc) is 2.93. The molecule has 0 spiro atoms. The van der Waals surface area contributed by atoms with E-state index in [1.54, 1.807) is 13.4 Å². The van der Waals surface area contributed by atoms with Crippen LogP contribution in [0.15, 0.2) is 15.9 Å². The topological polar surface area (TPSA) is 61.8 Å². The van der Waals surface area contributed by atoms with Crippen LogP contribution in [0.2, 0.25) is 0 Å². The van der Waals surface area contributed by atoms with Crippen molar-refractivity contribution in [3.63, 3.8) is 0 Å². The first-order valence-electron chi connectivity index (χ1n) is 8.26. The van der Waals surface area contributed by atoms with Crippen molar-refractivity contribution >= 4 is 11.2 Å². The van der Waals surface area contributed by atoms with Gasteiger partial charge in [-0.2, -0.15) is 0 Å². The molecule has 22 heavy (non-hydrogen) atoms. The van der Waals surface area contributed by atoms with Crippen LogP contribution in [0.4, 0.5) is 0 Å². The highest BCUT2D eigenvalue weighted by molar-refractivity contribution is 5.69. The summed E-state index contributed by atoms with van der Waals surface area (Å²) in [4.78, 5) is 29.3. The molecule has 2 aromatic rings. The molecule has 0 aliphatic heterocycles. The molecular weight excluding hydrogens is 280 g/mol. The van der Waals surface area contributed by atoms with E-state index in [0.29, 0.717) is 17.7 Å². The molecule has 0 saturated heterocycles. The van der Waals surface area contributed by atoms with Crippen molar-refractivity contribution in [1.29, 1.82) is 0 Å². The van der Waals surface area contributed by atoms with Crippen LogP contribution in [0, 0.1) is 0 Å². The van der Waals surface area contributed by atoms with Gasteiger partial charge in [0.1, 0.15) is 0 Å². The second kappa shape index (κ2) is 7.42. The summed E-state index contributed by atoms with van der Waals surface area (Å²) in [7, 11) is 1.68. The molecule has 6 heteroatoms. The number of hydrogen-bond donors (Lipinski definition) is 0. The molecule has 0 N–H and O–H groups in total. The molecule has 0 bridgehead atoms. The number of aryl methyl sites for hydroxylation is 2. The third-order valence-electron chi connectivity index (χ3n) is 4.09. The summed E-state index contributed by atoms with van der Waals surface area (Å²) < 4.78 is 4.73. The van der Waals surface area contributed by atoms with E-state index in [2.05, 4.69) is 18.8 Å². The molecule has 0 aliphatic carbocycles. The largest absolute Gasteiger partial charge is 0.332 e. The van der Waals surface area contributed by atoms with Crippen LogP contribution in [0.5, 0.6) is 0 Å². The summed E-state index contributed by atoms with van der Waals surface area (Å²) in [5, 5.41) is 0. The van der Waals surface area contributed by atoms with Crippen molar-refractivity contribution in [2.45, 2.75) is 65.5 Å². The highest BCUT2D eigenvalue weighted by Gasteiger charge is 2.15. The molecule has 0 radical (unpaired) electrons. The van der Waals surface area contributed by atoms with Gasteiger partial charge in [-0.25, -0.2) is 9.78 Å². The van der Waals surface area contributed by atoms with Crippen LogP contribution in [0.25, 0.3) is 11.2 Å². The Morgan fingerprint density at radius 3 is 2.27 bits per heavy atom.